The number of para-hydroxylation sites is 1. The third kappa shape index (κ3) is 4.50. The van der Waals surface area contributed by atoms with Gasteiger partial charge in [0.15, 0.2) is 0 Å². The molecule has 1 saturated heterocycles. The highest BCUT2D eigenvalue weighted by Crippen LogP contribution is 2.30. The molecule has 7 heteroatoms. The van der Waals surface area contributed by atoms with E-state index in [1.165, 1.54) is 0 Å². The summed E-state index contributed by atoms with van der Waals surface area (Å²) in [6, 6.07) is 13.3. The Bertz CT molecular complexity index is 944. The van der Waals surface area contributed by atoms with Gasteiger partial charge in [-0.25, -0.2) is 8.42 Å². The molecule has 0 aromatic heterocycles. The average molecular weight is 421 g/mol. The summed E-state index contributed by atoms with van der Waals surface area (Å²) in [6.45, 7) is 5.04. The van der Waals surface area contributed by atoms with Crippen molar-refractivity contribution in [2.24, 2.45) is 5.92 Å². The topological polar surface area (TPSA) is 57.7 Å². The lowest BCUT2D eigenvalue weighted by Gasteiger charge is -2.33. The van der Waals surface area contributed by atoms with Gasteiger partial charge >= 0.3 is 0 Å². The molecule has 0 N–H and O–H groups in total. The van der Waals surface area contributed by atoms with Crippen molar-refractivity contribution in [2.75, 3.05) is 23.9 Å². The predicted octanol–water partition coefficient (Wildman–Crippen LogP) is 4.10. The summed E-state index contributed by atoms with van der Waals surface area (Å²) < 4.78 is 27.9. The molecule has 1 fully saturated rings. The van der Waals surface area contributed by atoms with Crippen molar-refractivity contribution < 1.29 is 13.2 Å². The SMILES string of the molecule is Cc1ccc(S(=O)(=O)N(CC(=O)N2CCC[C@H](C)C2)c2ccccc2Cl)cc1. The molecule has 3 rings (SSSR count). The number of benzene rings is 2. The first-order valence-corrected chi connectivity index (χ1v) is 11.2. The second-order valence-corrected chi connectivity index (χ2v) is 9.63. The molecule has 2 aromatic carbocycles. The summed E-state index contributed by atoms with van der Waals surface area (Å²) in [6.07, 6.45) is 2.02. The zero-order chi connectivity index (χ0) is 20.3. The molecule has 0 spiro atoms. The lowest BCUT2D eigenvalue weighted by Crippen LogP contribution is -2.46. The van der Waals surface area contributed by atoms with Crippen LogP contribution < -0.4 is 4.31 Å². The first-order valence-electron chi connectivity index (χ1n) is 9.41. The Kier molecular flexibility index (Phi) is 6.30. The summed E-state index contributed by atoms with van der Waals surface area (Å²) in [7, 11) is -3.94. The lowest BCUT2D eigenvalue weighted by atomic mass is 10.0. The van der Waals surface area contributed by atoms with Crippen LogP contribution in [0.25, 0.3) is 0 Å². The quantitative estimate of drug-likeness (QED) is 0.731. The largest absolute Gasteiger partial charge is 0.341 e. The van der Waals surface area contributed by atoms with Gasteiger partial charge in [0.2, 0.25) is 5.91 Å². The molecule has 1 amide bonds. The highest BCUT2D eigenvalue weighted by Gasteiger charge is 2.31. The Labute approximate surface area is 172 Å². The van der Waals surface area contributed by atoms with Gasteiger partial charge in [-0.05, 0) is 49.9 Å². The molecular weight excluding hydrogens is 396 g/mol. The van der Waals surface area contributed by atoms with Crippen molar-refractivity contribution in [1.29, 1.82) is 0 Å². The fourth-order valence-electron chi connectivity index (χ4n) is 3.43. The first kappa shape index (κ1) is 20.7. The van der Waals surface area contributed by atoms with Crippen molar-refractivity contribution in [3.63, 3.8) is 0 Å². The number of carbonyl (C=O) groups excluding carboxylic acids is 1. The van der Waals surface area contributed by atoms with Crippen LogP contribution in [0.2, 0.25) is 5.02 Å². The zero-order valence-electron chi connectivity index (χ0n) is 16.1. The summed E-state index contributed by atoms with van der Waals surface area (Å²) in [4.78, 5) is 14.8. The fourth-order valence-corrected chi connectivity index (χ4v) is 5.15. The maximum Gasteiger partial charge on any atom is 0.264 e. The Balaban J connectivity index is 1.97. The van der Waals surface area contributed by atoms with Crippen LogP contribution in [0.1, 0.15) is 25.3 Å². The van der Waals surface area contributed by atoms with Crippen LogP contribution in [0, 0.1) is 12.8 Å². The molecule has 5 nitrogen and oxygen atoms in total. The molecule has 2 aromatic rings. The van der Waals surface area contributed by atoms with Crippen LogP contribution in [-0.4, -0.2) is 38.9 Å². The summed E-state index contributed by atoms with van der Waals surface area (Å²) in [5.41, 5.74) is 1.27. The molecule has 0 aliphatic carbocycles. The van der Waals surface area contributed by atoms with Crippen LogP contribution >= 0.6 is 11.6 Å². The standard InChI is InChI=1S/C21H25ClN2O3S/c1-16-9-11-18(12-10-16)28(26,27)24(20-8-4-3-7-19(20)22)15-21(25)23-13-5-6-17(2)14-23/h3-4,7-12,17H,5-6,13-15H2,1-2H3/t17-/m0/s1. The number of anilines is 1. The third-order valence-electron chi connectivity index (χ3n) is 5.02. The monoisotopic (exact) mass is 420 g/mol. The lowest BCUT2D eigenvalue weighted by molar-refractivity contribution is -0.131. The van der Waals surface area contributed by atoms with Crippen molar-refractivity contribution in [3.05, 3.63) is 59.1 Å². The Morgan fingerprint density at radius 2 is 1.86 bits per heavy atom. The van der Waals surface area contributed by atoms with Crippen LogP contribution in [0.15, 0.2) is 53.4 Å². The second-order valence-electron chi connectivity index (χ2n) is 7.36. The molecule has 1 atom stereocenters. The third-order valence-corrected chi connectivity index (χ3v) is 7.11. The number of piperidine rings is 1. The molecular formula is C21H25ClN2O3S. The normalized spacial score (nSPS) is 17.4. The Morgan fingerprint density at radius 3 is 2.50 bits per heavy atom. The minimum absolute atomic E-state index is 0.137. The number of hydrogen-bond acceptors (Lipinski definition) is 3. The number of hydrogen-bond donors (Lipinski definition) is 0. The van der Waals surface area contributed by atoms with Gasteiger partial charge in [0.25, 0.3) is 10.0 Å². The zero-order valence-corrected chi connectivity index (χ0v) is 17.7. The first-order chi connectivity index (χ1) is 13.3. The van der Waals surface area contributed by atoms with E-state index < -0.39 is 10.0 Å². The van der Waals surface area contributed by atoms with E-state index in [1.54, 1.807) is 53.4 Å². The van der Waals surface area contributed by atoms with Crippen LogP contribution in [0.4, 0.5) is 5.69 Å². The van der Waals surface area contributed by atoms with E-state index in [0.29, 0.717) is 24.7 Å². The van der Waals surface area contributed by atoms with Gasteiger partial charge in [-0.1, -0.05) is 48.4 Å². The molecule has 1 heterocycles. The van der Waals surface area contributed by atoms with Gasteiger partial charge in [-0.2, -0.15) is 0 Å². The van der Waals surface area contributed by atoms with Gasteiger partial charge in [0.05, 0.1) is 15.6 Å². The summed E-state index contributed by atoms with van der Waals surface area (Å²) in [5, 5.41) is 0.290. The second kappa shape index (κ2) is 8.53. The minimum atomic E-state index is -3.94. The van der Waals surface area contributed by atoms with Crippen molar-refractivity contribution in [3.8, 4) is 0 Å². The Morgan fingerprint density at radius 1 is 1.18 bits per heavy atom. The van der Waals surface area contributed by atoms with Gasteiger partial charge in [-0.15, -0.1) is 0 Å². The molecule has 28 heavy (non-hydrogen) atoms. The minimum Gasteiger partial charge on any atom is -0.341 e. The fraction of sp³-hybridized carbons (Fsp3) is 0.381. The number of sulfonamides is 1. The number of amides is 1. The maximum absolute atomic E-state index is 13.4. The van der Waals surface area contributed by atoms with E-state index in [-0.39, 0.29) is 22.4 Å². The summed E-state index contributed by atoms with van der Waals surface area (Å²) in [5.74, 6) is 0.210. The number of likely N-dealkylation sites (tertiary alicyclic amines) is 1. The predicted molar refractivity (Wildman–Crippen MR) is 112 cm³/mol. The van der Waals surface area contributed by atoms with Crippen LogP contribution in [0.5, 0.6) is 0 Å². The molecule has 0 radical (unpaired) electrons. The number of aryl methyl sites for hydroxylation is 1. The van der Waals surface area contributed by atoms with Gasteiger partial charge < -0.3 is 4.90 Å². The van der Waals surface area contributed by atoms with Crippen molar-refractivity contribution >= 4 is 33.2 Å². The van der Waals surface area contributed by atoms with E-state index in [1.807, 2.05) is 6.92 Å². The number of carbonyl (C=O) groups is 1. The summed E-state index contributed by atoms with van der Waals surface area (Å²) >= 11 is 6.30. The molecule has 150 valence electrons. The van der Waals surface area contributed by atoms with E-state index in [2.05, 4.69) is 6.92 Å². The van der Waals surface area contributed by atoms with Crippen molar-refractivity contribution in [1.82, 2.24) is 4.90 Å². The molecule has 0 unspecified atom stereocenters. The number of halogens is 1. The van der Waals surface area contributed by atoms with E-state index in [0.717, 1.165) is 22.7 Å². The molecule has 0 saturated carbocycles. The average Bonchev–Trinajstić information content (AvgIpc) is 2.67. The number of nitrogens with zero attached hydrogens (tertiary/aromatic N) is 2. The molecule has 1 aliphatic rings. The highest BCUT2D eigenvalue weighted by atomic mass is 35.5. The van der Waals surface area contributed by atoms with Crippen LogP contribution in [-0.2, 0) is 14.8 Å². The number of rotatable bonds is 5. The van der Waals surface area contributed by atoms with E-state index >= 15 is 0 Å². The van der Waals surface area contributed by atoms with Gasteiger partial charge in [-0.3, -0.25) is 9.10 Å². The molecule has 1 aliphatic heterocycles. The van der Waals surface area contributed by atoms with Gasteiger partial charge in [0, 0.05) is 13.1 Å². The Hall–Kier alpha value is -2.05. The highest BCUT2D eigenvalue weighted by molar-refractivity contribution is 7.92. The van der Waals surface area contributed by atoms with Crippen LogP contribution in [0.3, 0.4) is 0 Å². The van der Waals surface area contributed by atoms with E-state index in [9.17, 15) is 13.2 Å². The smallest absolute Gasteiger partial charge is 0.264 e. The maximum atomic E-state index is 13.4. The molecule has 0 bridgehead atoms. The van der Waals surface area contributed by atoms with E-state index in [4.69, 9.17) is 11.6 Å². The van der Waals surface area contributed by atoms with Gasteiger partial charge in [0.1, 0.15) is 6.54 Å². The van der Waals surface area contributed by atoms with Crippen molar-refractivity contribution in [2.45, 2.75) is 31.6 Å².